The molecule has 0 aliphatic rings. The molecule has 124 valence electrons. The number of hydrogen-bond acceptors (Lipinski definition) is 3. The molecule has 0 bridgehead atoms. The van der Waals surface area contributed by atoms with Crippen LogP contribution in [0.3, 0.4) is 0 Å². The molecule has 4 nitrogen and oxygen atoms in total. The minimum absolute atomic E-state index is 0.502. The Morgan fingerprint density at radius 1 is 1.04 bits per heavy atom. The Kier molecular flexibility index (Phi) is 5.51. The highest BCUT2D eigenvalue weighted by atomic mass is 35.5. The van der Waals surface area contributed by atoms with Crippen LogP contribution in [0.15, 0.2) is 48.5 Å². The van der Waals surface area contributed by atoms with E-state index in [4.69, 9.17) is 23.2 Å². The predicted octanol–water partition coefficient (Wildman–Crippen LogP) is 4.41. The van der Waals surface area contributed by atoms with Crippen LogP contribution >= 0.6 is 23.2 Å². The molecule has 0 saturated carbocycles. The second-order valence-electron chi connectivity index (χ2n) is 5.41. The van der Waals surface area contributed by atoms with Gasteiger partial charge in [0.2, 0.25) is 0 Å². The summed E-state index contributed by atoms with van der Waals surface area (Å²) in [5.74, 6) is 0. The third kappa shape index (κ3) is 3.96. The topological polar surface area (TPSA) is 42.7 Å². The zero-order valence-corrected chi connectivity index (χ0v) is 14.8. The van der Waals surface area contributed by atoms with Crippen molar-refractivity contribution in [1.82, 2.24) is 20.3 Å². The molecule has 0 amide bonds. The Hall–Kier alpha value is -1.88. The van der Waals surface area contributed by atoms with E-state index in [2.05, 4.69) is 22.4 Å². The van der Waals surface area contributed by atoms with E-state index >= 15 is 0 Å². The van der Waals surface area contributed by atoms with Gasteiger partial charge in [-0.1, -0.05) is 66.5 Å². The van der Waals surface area contributed by atoms with E-state index < -0.39 is 0 Å². The maximum Gasteiger partial charge on any atom is 0.117 e. The highest BCUT2D eigenvalue weighted by molar-refractivity contribution is 6.35. The van der Waals surface area contributed by atoms with E-state index in [-0.39, 0.29) is 0 Å². The van der Waals surface area contributed by atoms with E-state index in [1.54, 1.807) is 10.9 Å². The second kappa shape index (κ2) is 7.79. The molecule has 0 fully saturated rings. The number of nitrogens with zero attached hydrogens (tertiary/aromatic N) is 3. The van der Waals surface area contributed by atoms with Gasteiger partial charge in [-0.3, -0.25) is 0 Å². The maximum absolute atomic E-state index is 6.26. The van der Waals surface area contributed by atoms with Crippen molar-refractivity contribution in [3.05, 3.63) is 69.8 Å². The van der Waals surface area contributed by atoms with Gasteiger partial charge in [0.1, 0.15) is 11.4 Å². The molecule has 0 aliphatic heterocycles. The standard InChI is InChI=1S/C18H18Cl2N4/c1-2-21-11-17-18(13-6-4-3-5-7-13)23-24(22-17)12-14-8-9-15(19)10-16(14)20/h3-10,21H,2,11-12H2,1H3. The molecule has 1 aromatic heterocycles. The summed E-state index contributed by atoms with van der Waals surface area (Å²) in [7, 11) is 0. The second-order valence-corrected chi connectivity index (χ2v) is 6.25. The number of rotatable bonds is 6. The quantitative estimate of drug-likeness (QED) is 0.707. The van der Waals surface area contributed by atoms with Crippen molar-refractivity contribution in [2.75, 3.05) is 6.54 Å². The predicted molar refractivity (Wildman–Crippen MR) is 98.4 cm³/mol. The molecular formula is C18H18Cl2N4. The van der Waals surface area contributed by atoms with E-state index in [1.807, 2.05) is 42.5 Å². The van der Waals surface area contributed by atoms with Crippen molar-refractivity contribution in [2.45, 2.75) is 20.0 Å². The van der Waals surface area contributed by atoms with Gasteiger partial charge in [0.05, 0.1) is 6.54 Å². The van der Waals surface area contributed by atoms with Gasteiger partial charge < -0.3 is 5.32 Å². The van der Waals surface area contributed by atoms with Crippen molar-refractivity contribution in [1.29, 1.82) is 0 Å². The first-order chi connectivity index (χ1) is 11.7. The first-order valence-electron chi connectivity index (χ1n) is 7.81. The molecule has 3 aromatic rings. The summed E-state index contributed by atoms with van der Waals surface area (Å²) in [4.78, 5) is 1.68. The average Bonchev–Trinajstić information content (AvgIpc) is 2.99. The van der Waals surface area contributed by atoms with Gasteiger partial charge in [-0.05, 0) is 24.2 Å². The van der Waals surface area contributed by atoms with Crippen LogP contribution in [0.5, 0.6) is 0 Å². The lowest BCUT2D eigenvalue weighted by atomic mass is 10.1. The molecule has 0 atom stereocenters. The molecule has 6 heteroatoms. The highest BCUT2D eigenvalue weighted by Crippen LogP contribution is 2.23. The van der Waals surface area contributed by atoms with Gasteiger partial charge in [0.15, 0.2) is 0 Å². The van der Waals surface area contributed by atoms with Crippen molar-refractivity contribution < 1.29 is 0 Å². The zero-order valence-electron chi connectivity index (χ0n) is 13.3. The van der Waals surface area contributed by atoms with Crippen LogP contribution in [0.2, 0.25) is 10.0 Å². The molecule has 0 unspecified atom stereocenters. The normalized spacial score (nSPS) is 11.0. The summed E-state index contributed by atoms with van der Waals surface area (Å²) in [5.41, 5.74) is 3.80. The summed E-state index contributed by atoms with van der Waals surface area (Å²) in [6.07, 6.45) is 0. The summed E-state index contributed by atoms with van der Waals surface area (Å²) in [6.45, 7) is 4.13. The third-order valence-corrected chi connectivity index (χ3v) is 4.23. The van der Waals surface area contributed by atoms with Crippen LogP contribution in [0, 0.1) is 0 Å². The first kappa shape index (κ1) is 17.0. The molecular weight excluding hydrogens is 343 g/mol. The number of hydrogen-bond donors (Lipinski definition) is 1. The summed E-state index contributed by atoms with van der Waals surface area (Å²) in [6, 6.07) is 15.5. The lowest BCUT2D eigenvalue weighted by Gasteiger charge is -2.03. The summed E-state index contributed by atoms with van der Waals surface area (Å²) < 4.78 is 0. The fourth-order valence-electron chi connectivity index (χ4n) is 2.44. The molecule has 1 N–H and O–H groups in total. The Labute approximate surface area is 151 Å². The molecule has 0 spiro atoms. The van der Waals surface area contributed by atoms with Crippen LogP contribution in [0.25, 0.3) is 11.3 Å². The fourth-order valence-corrected chi connectivity index (χ4v) is 2.91. The molecule has 3 rings (SSSR count). The highest BCUT2D eigenvalue weighted by Gasteiger charge is 2.13. The van der Waals surface area contributed by atoms with Crippen molar-refractivity contribution in [3.63, 3.8) is 0 Å². The van der Waals surface area contributed by atoms with Gasteiger partial charge in [-0.15, -0.1) is 0 Å². The lowest BCUT2D eigenvalue weighted by Crippen LogP contribution is -2.13. The minimum atomic E-state index is 0.502. The van der Waals surface area contributed by atoms with Crippen LogP contribution < -0.4 is 5.32 Å². The van der Waals surface area contributed by atoms with Gasteiger partial charge in [-0.2, -0.15) is 15.0 Å². The maximum atomic E-state index is 6.26. The van der Waals surface area contributed by atoms with E-state index in [0.717, 1.165) is 29.1 Å². The van der Waals surface area contributed by atoms with Crippen molar-refractivity contribution in [2.24, 2.45) is 0 Å². The molecule has 0 aliphatic carbocycles. The molecule has 0 radical (unpaired) electrons. The summed E-state index contributed by atoms with van der Waals surface area (Å²) in [5, 5.41) is 13.9. The van der Waals surface area contributed by atoms with Gasteiger partial charge in [0.25, 0.3) is 0 Å². The Morgan fingerprint density at radius 3 is 2.54 bits per heavy atom. The largest absolute Gasteiger partial charge is 0.311 e. The van der Waals surface area contributed by atoms with Crippen LogP contribution in [-0.2, 0) is 13.1 Å². The number of benzene rings is 2. The van der Waals surface area contributed by atoms with Crippen LogP contribution in [0.1, 0.15) is 18.2 Å². The van der Waals surface area contributed by atoms with Crippen LogP contribution in [-0.4, -0.2) is 21.5 Å². The van der Waals surface area contributed by atoms with Crippen molar-refractivity contribution in [3.8, 4) is 11.3 Å². The Bertz CT molecular complexity index is 815. The Morgan fingerprint density at radius 2 is 1.83 bits per heavy atom. The molecule has 1 heterocycles. The fraction of sp³-hybridized carbons (Fsp3) is 0.222. The molecule has 2 aromatic carbocycles. The number of nitrogens with one attached hydrogen (secondary N) is 1. The number of aromatic nitrogens is 3. The zero-order chi connectivity index (χ0) is 16.9. The van der Waals surface area contributed by atoms with E-state index in [0.29, 0.717) is 23.1 Å². The first-order valence-corrected chi connectivity index (χ1v) is 8.57. The molecule has 0 saturated heterocycles. The summed E-state index contributed by atoms with van der Waals surface area (Å²) >= 11 is 12.2. The minimum Gasteiger partial charge on any atom is -0.311 e. The Balaban J connectivity index is 1.92. The lowest BCUT2D eigenvalue weighted by molar-refractivity contribution is 0.579. The van der Waals surface area contributed by atoms with Gasteiger partial charge in [0, 0.05) is 22.2 Å². The van der Waals surface area contributed by atoms with Crippen molar-refractivity contribution >= 4 is 23.2 Å². The number of halogens is 2. The average molecular weight is 361 g/mol. The van der Waals surface area contributed by atoms with E-state index in [1.165, 1.54) is 0 Å². The monoisotopic (exact) mass is 360 g/mol. The SMILES string of the molecule is CCNCc1nn(Cc2ccc(Cl)cc2Cl)nc1-c1ccccc1. The van der Waals surface area contributed by atoms with Gasteiger partial charge >= 0.3 is 0 Å². The smallest absolute Gasteiger partial charge is 0.117 e. The molecule has 24 heavy (non-hydrogen) atoms. The third-order valence-electron chi connectivity index (χ3n) is 3.64. The van der Waals surface area contributed by atoms with Crippen LogP contribution in [0.4, 0.5) is 0 Å². The van der Waals surface area contributed by atoms with Gasteiger partial charge in [-0.25, -0.2) is 0 Å². The van der Waals surface area contributed by atoms with E-state index in [9.17, 15) is 0 Å².